The van der Waals surface area contributed by atoms with Gasteiger partial charge in [-0.15, -0.1) is 11.3 Å². The van der Waals surface area contributed by atoms with E-state index in [-0.39, 0.29) is 0 Å². The van der Waals surface area contributed by atoms with E-state index >= 15 is 0 Å². The van der Waals surface area contributed by atoms with Crippen molar-refractivity contribution in [3.05, 3.63) is 59.7 Å². The Morgan fingerprint density at radius 2 is 1.50 bits per heavy atom. The van der Waals surface area contributed by atoms with Crippen LogP contribution in [0.4, 0.5) is 0 Å². The maximum Gasteiger partial charge on any atom is 0.113 e. The molecule has 4 heteroatoms. The number of benzene rings is 2. The van der Waals surface area contributed by atoms with Crippen molar-refractivity contribution in [2.45, 2.75) is 13.8 Å². The van der Waals surface area contributed by atoms with Gasteiger partial charge >= 0.3 is 0 Å². The van der Waals surface area contributed by atoms with Gasteiger partial charge in [0.15, 0.2) is 0 Å². The number of hydrogen-bond donors (Lipinski definition) is 0. The fourth-order valence-electron chi connectivity index (χ4n) is 2.83. The molecule has 0 spiro atoms. The molecule has 0 aliphatic heterocycles. The van der Waals surface area contributed by atoms with E-state index in [0.717, 1.165) is 11.0 Å². The minimum atomic E-state index is 0.976. The maximum absolute atomic E-state index is 4.45. The summed E-state index contributed by atoms with van der Waals surface area (Å²) < 4.78 is 8.78. The molecule has 108 valence electrons. The Hall–Kier alpha value is -2.04. The first-order valence-electron chi connectivity index (χ1n) is 7.12. The van der Waals surface area contributed by atoms with Crippen molar-refractivity contribution in [1.82, 2.24) is 8.75 Å². The third-order valence-electron chi connectivity index (χ3n) is 3.88. The lowest BCUT2D eigenvalue weighted by atomic mass is 10.0. The Morgan fingerprint density at radius 3 is 2.32 bits per heavy atom. The predicted octanol–water partition coefficient (Wildman–Crippen LogP) is 5.70. The van der Waals surface area contributed by atoms with Crippen LogP contribution in [0, 0.1) is 13.8 Å². The molecule has 2 aromatic heterocycles. The van der Waals surface area contributed by atoms with E-state index in [0.29, 0.717) is 0 Å². The Labute approximate surface area is 137 Å². The van der Waals surface area contributed by atoms with Crippen LogP contribution in [0.1, 0.15) is 11.1 Å². The van der Waals surface area contributed by atoms with Crippen LogP contribution in [0.3, 0.4) is 0 Å². The zero-order valence-electron chi connectivity index (χ0n) is 12.3. The zero-order chi connectivity index (χ0) is 15.1. The van der Waals surface area contributed by atoms with E-state index in [9.17, 15) is 0 Å². The Morgan fingerprint density at radius 1 is 0.773 bits per heavy atom. The van der Waals surface area contributed by atoms with Gasteiger partial charge in [-0.25, -0.2) is 0 Å². The number of aryl methyl sites for hydroxylation is 2. The first-order chi connectivity index (χ1) is 10.7. The number of rotatable bonds is 2. The van der Waals surface area contributed by atoms with Crippen LogP contribution >= 0.6 is 23.1 Å². The molecule has 2 heterocycles. The summed E-state index contributed by atoms with van der Waals surface area (Å²) in [5.74, 6) is 0. The lowest BCUT2D eigenvalue weighted by molar-refractivity contribution is 1.39. The summed E-state index contributed by atoms with van der Waals surface area (Å²) in [6.45, 7) is 4.35. The maximum atomic E-state index is 4.45. The highest BCUT2D eigenvalue weighted by molar-refractivity contribution is 7.19. The molecule has 22 heavy (non-hydrogen) atoms. The molecule has 0 atom stereocenters. The van der Waals surface area contributed by atoms with Crippen LogP contribution in [0.2, 0.25) is 0 Å². The molecule has 4 rings (SSSR count). The first-order valence-corrected chi connectivity index (χ1v) is 8.67. The van der Waals surface area contributed by atoms with Crippen molar-refractivity contribution in [2.24, 2.45) is 0 Å². The third kappa shape index (κ3) is 2.16. The Kier molecular flexibility index (Phi) is 3.28. The molecule has 0 N–H and O–H groups in total. The van der Waals surface area contributed by atoms with Crippen LogP contribution in [0.5, 0.6) is 0 Å². The molecule has 0 unspecified atom stereocenters. The van der Waals surface area contributed by atoms with Crippen LogP contribution in [-0.2, 0) is 0 Å². The van der Waals surface area contributed by atoms with Gasteiger partial charge in [-0.1, -0.05) is 30.3 Å². The smallest absolute Gasteiger partial charge is 0.113 e. The zero-order valence-corrected chi connectivity index (χ0v) is 14.0. The number of aromatic nitrogens is 2. The van der Waals surface area contributed by atoms with E-state index in [4.69, 9.17) is 0 Å². The van der Waals surface area contributed by atoms with E-state index in [2.05, 4.69) is 65.1 Å². The normalized spacial score (nSPS) is 11.2. The average molecular weight is 322 g/mol. The fraction of sp³-hybridized carbons (Fsp3) is 0.111. The molecular formula is C18H14N2S2. The van der Waals surface area contributed by atoms with Crippen LogP contribution in [-0.4, -0.2) is 8.75 Å². The lowest BCUT2D eigenvalue weighted by Gasteiger charge is -2.07. The van der Waals surface area contributed by atoms with Gasteiger partial charge in [0, 0.05) is 15.3 Å². The van der Waals surface area contributed by atoms with Crippen LogP contribution in [0.25, 0.3) is 31.9 Å². The molecule has 2 nitrogen and oxygen atoms in total. The molecule has 0 aliphatic rings. The highest BCUT2D eigenvalue weighted by Gasteiger charge is 2.12. The van der Waals surface area contributed by atoms with Crippen molar-refractivity contribution < 1.29 is 0 Å². The molecule has 0 aliphatic carbocycles. The molecule has 0 fully saturated rings. The summed E-state index contributed by atoms with van der Waals surface area (Å²) in [6.07, 6.45) is 0. The molecule has 0 amide bonds. The lowest BCUT2D eigenvalue weighted by Crippen LogP contribution is -1.84. The topological polar surface area (TPSA) is 25.8 Å². The largest absolute Gasteiger partial charge is 0.173 e. The van der Waals surface area contributed by atoms with Gasteiger partial charge < -0.3 is 0 Å². The number of fused-ring (bicyclic) bond motifs is 1. The van der Waals surface area contributed by atoms with E-state index in [1.807, 2.05) is 17.4 Å². The second-order valence-electron chi connectivity index (χ2n) is 5.37. The predicted molar refractivity (Wildman–Crippen MR) is 95.6 cm³/mol. The second-order valence-corrected chi connectivity index (χ2v) is 6.98. The third-order valence-corrected chi connectivity index (χ3v) is 5.56. The number of thiophene rings is 1. The standard InChI is InChI=1S/C18H14N2S2/c1-11-5-3-6-12(2)17(11)16-10-9-15(21-16)13-7-4-8-14-18(13)20-22-19-14/h3-10H,1-2H3. The van der Waals surface area contributed by atoms with Gasteiger partial charge in [-0.2, -0.15) is 8.75 Å². The number of nitrogens with zero attached hydrogens (tertiary/aromatic N) is 2. The SMILES string of the molecule is Cc1cccc(C)c1-c1ccc(-c2cccc3nsnc23)s1. The van der Waals surface area contributed by atoms with Crippen molar-refractivity contribution in [1.29, 1.82) is 0 Å². The molecular weight excluding hydrogens is 308 g/mol. The molecule has 0 saturated heterocycles. The van der Waals surface area contributed by atoms with E-state index < -0.39 is 0 Å². The van der Waals surface area contributed by atoms with Crippen molar-refractivity contribution >= 4 is 34.1 Å². The monoisotopic (exact) mass is 322 g/mol. The highest BCUT2D eigenvalue weighted by atomic mass is 32.1. The summed E-state index contributed by atoms with van der Waals surface area (Å²) in [5, 5.41) is 0. The van der Waals surface area contributed by atoms with Gasteiger partial charge in [0.05, 0.1) is 11.7 Å². The minimum Gasteiger partial charge on any atom is -0.173 e. The average Bonchev–Trinajstić information content (AvgIpc) is 3.15. The van der Waals surface area contributed by atoms with E-state index in [1.54, 1.807) is 0 Å². The summed E-state index contributed by atoms with van der Waals surface area (Å²) >= 11 is 3.10. The minimum absolute atomic E-state index is 0.976. The molecule has 0 saturated carbocycles. The molecule has 2 aromatic carbocycles. The Bertz CT molecular complexity index is 946. The first kappa shape index (κ1) is 13.6. The molecule has 4 aromatic rings. The summed E-state index contributed by atoms with van der Waals surface area (Å²) in [5.41, 5.74) is 7.15. The van der Waals surface area contributed by atoms with Gasteiger partial charge in [-0.3, -0.25) is 0 Å². The molecule has 0 bridgehead atoms. The van der Waals surface area contributed by atoms with E-state index in [1.165, 1.54) is 43.7 Å². The quantitative estimate of drug-likeness (QED) is 0.473. The van der Waals surface area contributed by atoms with Gasteiger partial charge in [-0.05, 0) is 48.7 Å². The second kappa shape index (κ2) is 5.30. The van der Waals surface area contributed by atoms with Gasteiger partial charge in [0.1, 0.15) is 11.0 Å². The highest BCUT2D eigenvalue weighted by Crippen LogP contribution is 2.39. The van der Waals surface area contributed by atoms with Crippen molar-refractivity contribution in [3.8, 4) is 20.9 Å². The van der Waals surface area contributed by atoms with Crippen LogP contribution in [0.15, 0.2) is 48.5 Å². The van der Waals surface area contributed by atoms with Crippen molar-refractivity contribution in [2.75, 3.05) is 0 Å². The van der Waals surface area contributed by atoms with Gasteiger partial charge in [0.25, 0.3) is 0 Å². The summed E-state index contributed by atoms with van der Waals surface area (Å²) in [7, 11) is 0. The molecule has 0 radical (unpaired) electrons. The Balaban J connectivity index is 1.87. The van der Waals surface area contributed by atoms with Gasteiger partial charge in [0.2, 0.25) is 0 Å². The van der Waals surface area contributed by atoms with Crippen molar-refractivity contribution in [3.63, 3.8) is 0 Å². The summed E-state index contributed by atoms with van der Waals surface area (Å²) in [4.78, 5) is 2.56. The number of hydrogen-bond acceptors (Lipinski definition) is 4. The van der Waals surface area contributed by atoms with Crippen LogP contribution < -0.4 is 0 Å². The summed E-state index contributed by atoms with van der Waals surface area (Å²) in [6, 6.07) is 17.1. The fourth-order valence-corrected chi connectivity index (χ4v) is 4.58.